The Labute approximate surface area is 178 Å². The van der Waals surface area contributed by atoms with Crippen LogP contribution in [0.4, 0.5) is 22.0 Å². The van der Waals surface area contributed by atoms with Gasteiger partial charge in [-0.3, -0.25) is 4.79 Å². The van der Waals surface area contributed by atoms with Gasteiger partial charge in [-0.25, -0.2) is 22.0 Å². The molecule has 0 radical (unpaired) electrons. The van der Waals surface area contributed by atoms with Crippen molar-refractivity contribution in [2.45, 2.75) is 5.92 Å². The smallest absolute Gasteiger partial charge is 0.209 e. The molecule has 0 amide bonds. The molecule has 1 atom stereocenters. The second-order valence-corrected chi connectivity index (χ2v) is 6.93. The first kappa shape index (κ1) is 21.4. The van der Waals surface area contributed by atoms with E-state index in [9.17, 15) is 26.7 Å². The van der Waals surface area contributed by atoms with Gasteiger partial charge < -0.3 is 14.7 Å². The van der Waals surface area contributed by atoms with Crippen LogP contribution < -0.4 is 4.74 Å². The van der Waals surface area contributed by atoms with Gasteiger partial charge in [0.15, 0.2) is 23.3 Å². The van der Waals surface area contributed by atoms with Crippen molar-refractivity contribution >= 4 is 5.78 Å². The van der Waals surface area contributed by atoms with Crippen molar-refractivity contribution in [1.82, 2.24) is 9.97 Å². The Bertz CT molecular complexity index is 1250. The van der Waals surface area contributed by atoms with Gasteiger partial charge in [0.1, 0.15) is 5.75 Å². The minimum atomic E-state index is -2.24. The molecular formula is C23H15F5N2O2. The van der Waals surface area contributed by atoms with Crippen molar-refractivity contribution in [2.24, 2.45) is 0 Å². The summed E-state index contributed by atoms with van der Waals surface area (Å²) in [5, 5.41) is 0. The van der Waals surface area contributed by atoms with E-state index in [0.29, 0.717) is 11.3 Å². The van der Waals surface area contributed by atoms with Crippen LogP contribution in [0.2, 0.25) is 0 Å². The number of carbonyl (C=O) groups is 1. The van der Waals surface area contributed by atoms with Gasteiger partial charge in [0.2, 0.25) is 11.6 Å². The summed E-state index contributed by atoms with van der Waals surface area (Å²) in [5.74, 6) is -11.5. The number of rotatable bonds is 6. The third-order valence-electron chi connectivity index (χ3n) is 5.08. The van der Waals surface area contributed by atoms with E-state index in [1.807, 2.05) is 0 Å². The fourth-order valence-electron chi connectivity index (χ4n) is 3.49. The van der Waals surface area contributed by atoms with Crippen molar-refractivity contribution < 1.29 is 31.5 Å². The molecule has 2 aromatic heterocycles. The highest BCUT2D eigenvalue weighted by atomic mass is 19.2. The molecule has 164 valence electrons. The molecule has 2 aromatic carbocycles. The lowest BCUT2D eigenvalue weighted by Crippen LogP contribution is -2.15. The highest BCUT2D eigenvalue weighted by molar-refractivity contribution is 6.07. The lowest BCUT2D eigenvalue weighted by atomic mass is 9.91. The second kappa shape index (κ2) is 8.33. The van der Waals surface area contributed by atoms with Crippen LogP contribution in [0.3, 0.4) is 0 Å². The first-order chi connectivity index (χ1) is 15.3. The molecule has 0 spiro atoms. The number of carbonyl (C=O) groups excluding carboxylic acids is 1. The minimum absolute atomic E-state index is 0.0625. The van der Waals surface area contributed by atoms with Gasteiger partial charge in [-0.1, -0.05) is 0 Å². The van der Waals surface area contributed by atoms with Crippen LogP contribution in [0, 0.1) is 29.1 Å². The third kappa shape index (κ3) is 3.55. The molecule has 0 bridgehead atoms. The van der Waals surface area contributed by atoms with Crippen LogP contribution in [-0.2, 0) is 0 Å². The second-order valence-electron chi connectivity index (χ2n) is 6.93. The highest BCUT2D eigenvalue weighted by Crippen LogP contribution is 2.36. The first-order valence-electron chi connectivity index (χ1n) is 9.35. The number of nitrogens with one attached hydrogen (secondary N) is 2. The Kier molecular flexibility index (Phi) is 5.56. The number of halogens is 5. The standard InChI is InChI=1S/C23H15F5N2O2/c1-32-12-6-4-11(5-7-12)23(31)15-9-8-14(30-15)16(13-3-2-10-29-13)17-18(24)20(26)22(28)21(27)19(17)25/h2-10,16,29-30H,1H3. The molecule has 4 aromatic rings. The number of ether oxygens (including phenoxy) is 1. The number of hydrogen-bond acceptors (Lipinski definition) is 2. The summed E-state index contributed by atoms with van der Waals surface area (Å²) >= 11 is 0. The maximum atomic E-state index is 14.6. The summed E-state index contributed by atoms with van der Waals surface area (Å²) in [4.78, 5) is 18.3. The minimum Gasteiger partial charge on any atom is -0.497 e. The van der Waals surface area contributed by atoms with Crippen LogP contribution in [0.15, 0.2) is 54.7 Å². The Balaban J connectivity index is 1.81. The van der Waals surface area contributed by atoms with Gasteiger partial charge in [-0.05, 0) is 48.5 Å². The Morgan fingerprint density at radius 3 is 2.00 bits per heavy atom. The maximum Gasteiger partial charge on any atom is 0.209 e. The van der Waals surface area contributed by atoms with Crippen LogP contribution in [-0.4, -0.2) is 22.9 Å². The zero-order valence-electron chi connectivity index (χ0n) is 16.5. The van der Waals surface area contributed by atoms with Crippen LogP contribution in [0.25, 0.3) is 0 Å². The molecule has 0 saturated heterocycles. The molecular weight excluding hydrogens is 431 g/mol. The summed E-state index contributed by atoms with van der Waals surface area (Å²) in [6.45, 7) is 0. The Hall–Kier alpha value is -3.88. The molecule has 0 aliphatic rings. The van der Waals surface area contributed by atoms with Crippen molar-refractivity contribution in [3.63, 3.8) is 0 Å². The molecule has 0 aliphatic carbocycles. The lowest BCUT2D eigenvalue weighted by molar-refractivity contribution is 0.103. The number of H-pyrrole nitrogens is 2. The fourth-order valence-corrected chi connectivity index (χ4v) is 3.49. The number of methoxy groups -OCH3 is 1. The van der Waals surface area contributed by atoms with E-state index in [1.54, 1.807) is 12.1 Å². The molecule has 0 saturated carbocycles. The Morgan fingerprint density at radius 2 is 1.44 bits per heavy atom. The largest absolute Gasteiger partial charge is 0.497 e. The number of benzene rings is 2. The highest BCUT2D eigenvalue weighted by Gasteiger charge is 2.33. The quantitative estimate of drug-likeness (QED) is 0.179. The van der Waals surface area contributed by atoms with E-state index in [4.69, 9.17) is 4.74 Å². The van der Waals surface area contributed by atoms with Gasteiger partial charge in [0.25, 0.3) is 0 Å². The van der Waals surface area contributed by atoms with Crippen LogP contribution in [0.1, 0.15) is 38.9 Å². The molecule has 2 N–H and O–H groups in total. The molecule has 0 fully saturated rings. The lowest BCUT2D eigenvalue weighted by Gasteiger charge is -2.18. The van der Waals surface area contributed by atoms with E-state index in [1.165, 1.54) is 49.7 Å². The number of ketones is 1. The zero-order chi connectivity index (χ0) is 23.0. The summed E-state index contributed by atoms with van der Waals surface area (Å²) in [6.07, 6.45) is 1.45. The van der Waals surface area contributed by atoms with Crippen molar-refractivity contribution in [2.75, 3.05) is 7.11 Å². The normalized spacial score (nSPS) is 12.1. The fraction of sp³-hybridized carbons (Fsp3) is 0.0870. The summed E-state index contributed by atoms with van der Waals surface area (Å²) in [6, 6.07) is 11.9. The van der Waals surface area contributed by atoms with E-state index < -0.39 is 46.4 Å². The van der Waals surface area contributed by atoms with Gasteiger partial charge in [0, 0.05) is 28.7 Å². The summed E-state index contributed by atoms with van der Waals surface area (Å²) in [7, 11) is 1.48. The monoisotopic (exact) mass is 446 g/mol. The average Bonchev–Trinajstić information content (AvgIpc) is 3.51. The number of aromatic amines is 2. The first-order valence-corrected chi connectivity index (χ1v) is 9.35. The zero-order valence-corrected chi connectivity index (χ0v) is 16.5. The van der Waals surface area contributed by atoms with E-state index >= 15 is 0 Å². The van der Waals surface area contributed by atoms with Gasteiger partial charge in [0.05, 0.1) is 18.7 Å². The van der Waals surface area contributed by atoms with Crippen molar-refractivity contribution in [3.8, 4) is 5.75 Å². The van der Waals surface area contributed by atoms with Gasteiger partial charge in [-0.15, -0.1) is 0 Å². The SMILES string of the molecule is COc1ccc(C(=O)c2ccc(C(c3ccc[nH]3)c3c(F)c(F)c(F)c(F)c3F)[nH]2)cc1. The van der Waals surface area contributed by atoms with Gasteiger partial charge in [-0.2, -0.15) is 0 Å². The maximum absolute atomic E-state index is 14.6. The van der Waals surface area contributed by atoms with Crippen LogP contribution >= 0.6 is 0 Å². The topological polar surface area (TPSA) is 57.9 Å². The van der Waals surface area contributed by atoms with Crippen molar-refractivity contribution in [1.29, 1.82) is 0 Å². The number of hydrogen-bond donors (Lipinski definition) is 2. The van der Waals surface area contributed by atoms with E-state index in [0.717, 1.165) is 0 Å². The molecule has 4 rings (SSSR count). The molecule has 9 heteroatoms. The van der Waals surface area contributed by atoms with Crippen LogP contribution in [0.5, 0.6) is 5.75 Å². The molecule has 2 heterocycles. The predicted octanol–water partition coefficient (Wildman–Crippen LogP) is 5.46. The molecule has 0 aliphatic heterocycles. The molecule has 4 nitrogen and oxygen atoms in total. The molecule has 1 unspecified atom stereocenters. The predicted molar refractivity (Wildman–Crippen MR) is 105 cm³/mol. The van der Waals surface area contributed by atoms with Gasteiger partial charge >= 0.3 is 0 Å². The average molecular weight is 446 g/mol. The summed E-state index contributed by atoms with van der Waals surface area (Å²) < 4.78 is 75.6. The van der Waals surface area contributed by atoms with Crippen molar-refractivity contribution in [3.05, 3.63) is 112 Å². The summed E-state index contributed by atoms with van der Waals surface area (Å²) in [5.41, 5.74) is -0.419. The molecule has 32 heavy (non-hydrogen) atoms. The third-order valence-corrected chi connectivity index (χ3v) is 5.08. The number of aromatic nitrogens is 2. The van der Waals surface area contributed by atoms with E-state index in [-0.39, 0.29) is 17.1 Å². The Morgan fingerprint density at radius 1 is 0.812 bits per heavy atom. The van der Waals surface area contributed by atoms with E-state index in [2.05, 4.69) is 9.97 Å².